The lowest BCUT2D eigenvalue weighted by molar-refractivity contribution is 0.470. The van der Waals surface area contributed by atoms with E-state index in [1.54, 1.807) is 0 Å². The van der Waals surface area contributed by atoms with Gasteiger partial charge in [-0.2, -0.15) is 0 Å². The van der Waals surface area contributed by atoms with Crippen LogP contribution in [-0.2, 0) is 0 Å². The lowest BCUT2D eigenvalue weighted by atomic mass is 9.98. The Morgan fingerprint density at radius 1 is 1.00 bits per heavy atom. The summed E-state index contributed by atoms with van der Waals surface area (Å²) < 4.78 is 0. The Kier molecular flexibility index (Phi) is 9.86. The van der Waals surface area contributed by atoms with E-state index < -0.39 is 0 Å². The molecule has 0 fully saturated rings. The molecule has 0 saturated carbocycles. The van der Waals surface area contributed by atoms with Crippen LogP contribution in [0, 0.1) is 5.92 Å². The van der Waals surface area contributed by atoms with Gasteiger partial charge in [0, 0.05) is 4.83 Å². The van der Waals surface area contributed by atoms with Gasteiger partial charge in [0.1, 0.15) is 0 Å². The number of rotatable bonds is 4. The maximum atomic E-state index is 3.66. The zero-order valence-electron chi connectivity index (χ0n) is 7.36. The summed E-state index contributed by atoms with van der Waals surface area (Å²) in [5.74, 6) is 0.884. The molecule has 1 atom stereocenters. The van der Waals surface area contributed by atoms with Crippen LogP contribution in [0.3, 0.4) is 0 Å². The average molecular weight is 210 g/mol. The minimum atomic E-state index is 0. The fourth-order valence-electron chi connectivity index (χ4n) is 1.13. The molecular formula is C8H20BrN. The van der Waals surface area contributed by atoms with Crippen molar-refractivity contribution >= 4 is 15.9 Å². The summed E-state index contributed by atoms with van der Waals surface area (Å²) in [6.07, 6.45) is 3.87. The van der Waals surface area contributed by atoms with E-state index in [1.165, 1.54) is 19.3 Å². The first kappa shape index (κ1) is 13.1. The van der Waals surface area contributed by atoms with Crippen molar-refractivity contribution in [1.82, 2.24) is 6.15 Å². The van der Waals surface area contributed by atoms with Gasteiger partial charge >= 0.3 is 0 Å². The van der Waals surface area contributed by atoms with E-state index in [0.717, 1.165) is 10.7 Å². The predicted molar refractivity (Wildman–Crippen MR) is 52.1 cm³/mol. The van der Waals surface area contributed by atoms with Crippen molar-refractivity contribution in [3.05, 3.63) is 0 Å². The number of alkyl halides is 1. The van der Waals surface area contributed by atoms with Gasteiger partial charge in [-0.3, -0.25) is 0 Å². The minimum absolute atomic E-state index is 0. The van der Waals surface area contributed by atoms with Gasteiger partial charge in [0.05, 0.1) is 0 Å². The van der Waals surface area contributed by atoms with Gasteiger partial charge in [0.25, 0.3) is 0 Å². The van der Waals surface area contributed by atoms with Crippen LogP contribution in [0.25, 0.3) is 0 Å². The Bertz CT molecular complexity index is 62.3. The van der Waals surface area contributed by atoms with Crippen molar-refractivity contribution in [3.8, 4) is 0 Å². The van der Waals surface area contributed by atoms with Crippen molar-refractivity contribution < 1.29 is 0 Å². The van der Waals surface area contributed by atoms with E-state index in [4.69, 9.17) is 0 Å². The van der Waals surface area contributed by atoms with E-state index in [0.29, 0.717) is 0 Å². The molecule has 0 rings (SSSR count). The van der Waals surface area contributed by atoms with Gasteiger partial charge in [-0.1, -0.05) is 49.5 Å². The quantitative estimate of drug-likeness (QED) is 0.704. The molecule has 0 bridgehead atoms. The van der Waals surface area contributed by atoms with Crippen LogP contribution in [0.15, 0.2) is 0 Å². The normalized spacial score (nSPS) is 12.9. The number of halogens is 1. The Balaban J connectivity index is 0. The van der Waals surface area contributed by atoms with E-state index >= 15 is 0 Å². The molecule has 0 amide bonds. The van der Waals surface area contributed by atoms with E-state index in [-0.39, 0.29) is 6.15 Å². The molecule has 0 aromatic carbocycles. The molecule has 0 spiro atoms. The van der Waals surface area contributed by atoms with Gasteiger partial charge in [0.15, 0.2) is 0 Å². The van der Waals surface area contributed by atoms with Crippen molar-refractivity contribution in [2.45, 2.75) is 44.9 Å². The maximum absolute atomic E-state index is 3.66. The van der Waals surface area contributed by atoms with E-state index in [9.17, 15) is 0 Å². The topological polar surface area (TPSA) is 35.0 Å². The van der Waals surface area contributed by atoms with Gasteiger partial charge < -0.3 is 6.15 Å². The highest BCUT2D eigenvalue weighted by atomic mass is 79.9. The summed E-state index contributed by atoms with van der Waals surface area (Å²) in [7, 11) is 0. The third-order valence-electron chi connectivity index (χ3n) is 1.95. The van der Waals surface area contributed by atoms with Crippen LogP contribution < -0.4 is 6.15 Å². The Morgan fingerprint density at radius 3 is 1.50 bits per heavy atom. The van der Waals surface area contributed by atoms with Crippen LogP contribution >= 0.6 is 15.9 Å². The Hall–Kier alpha value is 0.440. The molecule has 0 heterocycles. The number of hydrogen-bond acceptors (Lipinski definition) is 1. The molecule has 64 valence electrons. The molecule has 10 heavy (non-hydrogen) atoms. The smallest absolute Gasteiger partial charge is 0.0171 e. The molecule has 0 aliphatic rings. The second-order valence-electron chi connectivity index (χ2n) is 2.50. The lowest BCUT2D eigenvalue weighted by Crippen LogP contribution is -2.10. The average Bonchev–Trinajstić information content (AvgIpc) is 1.90. The van der Waals surface area contributed by atoms with E-state index in [1.807, 2.05) is 0 Å². The molecule has 0 aromatic rings. The second-order valence-corrected chi connectivity index (χ2v) is 3.68. The van der Waals surface area contributed by atoms with Gasteiger partial charge in [0.2, 0.25) is 0 Å². The second kappa shape index (κ2) is 7.55. The van der Waals surface area contributed by atoms with Crippen LogP contribution in [0.4, 0.5) is 0 Å². The molecule has 0 aliphatic heterocycles. The molecule has 1 nitrogen and oxygen atoms in total. The highest BCUT2D eigenvalue weighted by Gasteiger charge is 2.11. The summed E-state index contributed by atoms with van der Waals surface area (Å²) in [6.45, 7) is 6.76. The van der Waals surface area contributed by atoms with Crippen LogP contribution in [0.2, 0.25) is 0 Å². The van der Waals surface area contributed by atoms with Crippen molar-refractivity contribution in [1.29, 1.82) is 0 Å². The molecule has 0 radical (unpaired) electrons. The minimum Gasteiger partial charge on any atom is -0.344 e. The molecule has 1 unspecified atom stereocenters. The van der Waals surface area contributed by atoms with Crippen molar-refractivity contribution in [2.75, 3.05) is 0 Å². The summed E-state index contributed by atoms with van der Waals surface area (Å²) in [5, 5.41) is 0. The SMILES string of the molecule is CCC(Br)C(CC)CC.N. The summed E-state index contributed by atoms with van der Waals surface area (Å²) in [4.78, 5) is 0.743. The third kappa shape index (κ3) is 4.29. The summed E-state index contributed by atoms with van der Waals surface area (Å²) >= 11 is 3.66. The first-order chi connectivity index (χ1) is 4.26. The largest absolute Gasteiger partial charge is 0.344 e. The van der Waals surface area contributed by atoms with Crippen LogP contribution in [0.1, 0.15) is 40.0 Å². The first-order valence-electron chi connectivity index (χ1n) is 3.90. The molecule has 0 aliphatic carbocycles. The predicted octanol–water partition coefficient (Wildman–Crippen LogP) is 3.76. The lowest BCUT2D eigenvalue weighted by Gasteiger charge is -2.16. The molecule has 3 N–H and O–H groups in total. The van der Waals surface area contributed by atoms with Gasteiger partial charge in [-0.05, 0) is 12.3 Å². The summed E-state index contributed by atoms with van der Waals surface area (Å²) in [5.41, 5.74) is 0. The Labute approximate surface area is 73.3 Å². The van der Waals surface area contributed by atoms with Crippen LogP contribution in [0.5, 0.6) is 0 Å². The summed E-state index contributed by atoms with van der Waals surface area (Å²) in [6, 6.07) is 0. The number of hydrogen-bond donors (Lipinski definition) is 1. The van der Waals surface area contributed by atoms with Crippen molar-refractivity contribution in [3.63, 3.8) is 0 Å². The Morgan fingerprint density at radius 2 is 1.40 bits per heavy atom. The van der Waals surface area contributed by atoms with Crippen LogP contribution in [-0.4, -0.2) is 4.83 Å². The molecule has 0 saturated heterocycles. The standard InChI is InChI=1S/C8H17Br.H3N/c1-4-7(5-2)8(9)6-3;/h7-8H,4-6H2,1-3H3;1H3. The fraction of sp³-hybridized carbons (Fsp3) is 1.00. The molecule has 2 heteroatoms. The van der Waals surface area contributed by atoms with Gasteiger partial charge in [-0.15, -0.1) is 0 Å². The van der Waals surface area contributed by atoms with Crippen molar-refractivity contribution in [2.24, 2.45) is 5.92 Å². The zero-order valence-corrected chi connectivity index (χ0v) is 8.95. The monoisotopic (exact) mass is 209 g/mol. The third-order valence-corrected chi connectivity index (χ3v) is 3.35. The maximum Gasteiger partial charge on any atom is 0.0171 e. The molecule has 0 aromatic heterocycles. The highest BCUT2D eigenvalue weighted by Crippen LogP contribution is 2.22. The first-order valence-corrected chi connectivity index (χ1v) is 4.81. The molecular weight excluding hydrogens is 190 g/mol. The van der Waals surface area contributed by atoms with E-state index in [2.05, 4.69) is 36.7 Å². The fourth-order valence-corrected chi connectivity index (χ4v) is 1.88. The highest BCUT2D eigenvalue weighted by molar-refractivity contribution is 9.09. The zero-order chi connectivity index (χ0) is 7.28. The van der Waals surface area contributed by atoms with Gasteiger partial charge in [-0.25, -0.2) is 0 Å².